The minimum Gasteiger partial charge on any atom is -0.489 e. The van der Waals surface area contributed by atoms with Crippen LogP contribution < -0.4 is 9.47 Å². The fourth-order valence-electron chi connectivity index (χ4n) is 9.96. The van der Waals surface area contributed by atoms with Crippen LogP contribution in [0, 0.1) is 23.7 Å². The van der Waals surface area contributed by atoms with Crippen molar-refractivity contribution in [3.63, 3.8) is 0 Å². The van der Waals surface area contributed by atoms with E-state index in [2.05, 4.69) is 63.3 Å². The van der Waals surface area contributed by atoms with Crippen molar-refractivity contribution in [3.05, 3.63) is 133 Å². The maximum atomic E-state index is 11.7. The second-order valence-electron chi connectivity index (χ2n) is 15.9. The standard InChI is InChI=1S/C46H50N4O4/c1-3-31-25-49-18-14-33(31)21-43(49)45(51)37-12-16-47-41-10-8-35(23-39(37)41)53-27-29-6-5-7-30(20-29)28-54-36-9-11-42-40(24-36)38(13-17-48-42)46(52)44-22-34-15-19-50(44)26-32(34)4-2/h3-13,16-17,20,23-24,31-34,43-46,51-52H,1-2,14-15,18-19,21-22,25-28H2/t31-,32-,33-,34-,43+,44+,45-,46-/m0/s1. The van der Waals surface area contributed by atoms with E-state index in [1.165, 1.54) is 12.8 Å². The molecule has 6 fully saturated rings. The van der Waals surface area contributed by atoms with Gasteiger partial charge in [0.15, 0.2) is 0 Å². The lowest BCUT2D eigenvalue weighted by molar-refractivity contribution is -0.0445. The first-order valence-corrected chi connectivity index (χ1v) is 19.7. The summed E-state index contributed by atoms with van der Waals surface area (Å²) >= 11 is 0. The zero-order valence-corrected chi connectivity index (χ0v) is 30.8. The van der Waals surface area contributed by atoms with Crippen LogP contribution in [0.25, 0.3) is 21.8 Å². The maximum Gasteiger partial charge on any atom is 0.120 e. The van der Waals surface area contributed by atoms with Crippen molar-refractivity contribution in [2.24, 2.45) is 23.7 Å². The highest BCUT2D eigenvalue weighted by Gasteiger charge is 2.43. The fraction of sp³-hybridized carbons (Fsp3) is 0.391. The van der Waals surface area contributed by atoms with Crippen LogP contribution in [0.4, 0.5) is 0 Å². The number of piperidine rings is 6. The topological polar surface area (TPSA) is 91.2 Å². The average molecular weight is 723 g/mol. The third-order valence-corrected chi connectivity index (χ3v) is 13.0. The summed E-state index contributed by atoms with van der Waals surface area (Å²) in [5, 5.41) is 25.3. The molecule has 2 aromatic heterocycles. The third kappa shape index (κ3) is 6.70. The van der Waals surface area contributed by atoms with E-state index < -0.39 is 12.2 Å². The number of fused-ring (bicyclic) bond motifs is 8. The van der Waals surface area contributed by atoms with Crippen molar-refractivity contribution in [1.82, 2.24) is 19.8 Å². The number of nitrogens with zero attached hydrogens (tertiary/aromatic N) is 4. The van der Waals surface area contributed by atoms with Crippen LogP contribution >= 0.6 is 0 Å². The molecule has 6 aliphatic heterocycles. The summed E-state index contributed by atoms with van der Waals surface area (Å²) in [6.45, 7) is 12.9. The van der Waals surface area contributed by atoms with Gasteiger partial charge in [0.05, 0.1) is 23.2 Å². The van der Waals surface area contributed by atoms with Crippen LogP contribution in [0.3, 0.4) is 0 Å². The summed E-state index contributed by atoms with van der Waals surface area (Å²) in [4.78, 5) is 14.1. The highest BCUT2D eigenvalue weighted by molar-refractivity contribution is 5.84. The Balaban J connectivity index is 0.862. The van der Waals surface area contributed by atoms with Crippen molar-refractivity contribution < 1.29 is 19.7 Å². The van der Waals surface area contributed by atoms with Gasteiger partial charge in [-0.25, -0.2) is 0 Å². The van der Waals surface area contributed by atoms with E-state index in [0.29, 0.717) is 36.9 Å². The molecule has 2 unspecified atom stereocenters. The van der Waals surface area contributed by atoms with Crippen LogP contribution in [-0.2, 0) is 13.2 Å². The summed E-state index contributed by atoms with van der Waals surface area (Å²) in [5.74, 6) is 3.67. The molecule has 278 valence electrons. The number of aromatic nitrogens is 2. The van der Waals surface area contributed by atoms with Crippen molar-refractivity contribution in [1.29, 1.82) is 0 Å². The molecule has 0 spiro atoms. The molecule has 0 amide bonds. The predicted octanol–water partition coefficient (Wildman–Crippen LogP) is 7.80. The Labute approximate surface area is 317 Å². The van der Waals surface area contributed by atoms with Gasteiger partial charge in [-0.2, -0.15) is 0 Å². The summed E-state index contributed by atoms with van der Waals surface area (Å²) in [7, 11) is 0. The van der Waals surface area contributed by atoms with Crippen LogP contribution in [0.15, 0.2) is 111 Å². The van der Waals surface area contributed by atoms with Gasteiger partial charge in [-0.05, 0) is 139 Å². The molecule has 2 N–H and O–H groups in total. The van der Waals surface area contributed by atoms with Crippen LogP contribution in [-0.4, -0.2) is 68.2 Å². The third-order valence-electron chi connectivity index (χ3n) is 13.0. The monoisotopic (exact) mass is 722 g/mol. The largest absolute Gasteiger partial charge is 0.489 e. The zero-order chi connectivity index (χ0) is 36.8. The van der Waals surface area contributed by atoms with Gasteiger partial charge < -0.3 is 19.7 Å². The Morgan fingerprint density at radius 1 is 0.667 bits per heavy atom. The molecule has 0 aliphatic carbocycles. The van der Waals surface area contributed by atoms with E-state index in [4.69, 9.17) is 9.47 Å². The molecule has 8 nitrogen and oxygen atoms in total. The Hall–Kier alpha value is -4.60. The lowest BCUT2D eigenvalue weighted by Crippen LogP contribution is -2.54. The lowest BCUT2D eigenvalue weighted by atomic mass is 9.73. The Bertz CT molecular complexity index is 2020. The number of benzene rings is 3. The smallest absolute Gasteiger partial charge is 0.120 e. The molecule has 3 aromatic carbocycles. The van der Waals surface area contributed by atoms with Crippen molar-refractivity contribution in [2.45, 2.75) is 63.2 Å². The highest BCUT2D eigenvalue weighted by Crippen LogP contribution is 2.44. The number of pyridine rings is 2. The molecule has 8 heterocycles. The van der Waals surface area contributed by atoms with E-state index in [9.17, 15) is 10.2 Å². The lowest BCUT2D eigenvalue weighted by Gasteiger charge is -2.50. The number of hydrogen-bond donors (Lipinski definition) is 2. The molecule has 0 saturated carbocycles. The first-order chi connectivity index (χ1) is 26.4. The Morgan fingerprint density at radius 3 is 1.57 bits per heavy atom. The fourth-order valence-corrected chi connectivity index (χ4v) is 9.96. The first-order valence-electron chi connectivity index (χ1n) is 19.7. The van der Waals surface area contributed by atoms with Gasteiger partial charge in [0.25, 0.3) is 0 Å². The minimum absolute atomic E-state index is 0.0979. The quantitative estimate of drug-likeness (QED) is 0.126. The van der Waals surface area contributed by atoms with Gasteiger partial charge in [0, 0.05) is 48.3 Å². The molecule has 6 aliphatic rings. The zero-order valence-electron chi connectivity index (χ0n) is 30.8. The van der Waals surface area contributed by atoms with E-state index in [1.54, 1.807) is 12.4 Å². The molecule has 54 heavy (non-hydrogen) atoms. The van der Waals surface area contributed by atoms with Crippen LogP contribution in [0.5, 0.6) is 11.5 Å². The van der Waals surface area contributed by atoms with Gasteiger partial charge in [-0.15, -0.1) is 13.2 Å². The number of aliphatic hydroxyl groups excluding tert-OH is 2. The molecule has 0 radical (unpaired) electrons. The summed E-state index contributed by atoms with van der Waals surface area (Å²) in [6.07, 6.45) is 10.9. The van der Waals surface area contributed by atoms with Gasteiger partial charge in [0.1, 0.15) is 24.7 Å². The molecular formula is C46H50N4O4. The van der Waals surface area contributed by atoms with E-state index in [1.807, 2.05) is 54.6 Å². The van der Waals surface area contributed by atoms with Gasteiger partial charge >= 0.3 is 0 Å². The minimum atomic E-state index is -0.595. The summed E-state index contributed by atoms with van der Waals surface area (Å²) < 4.78 is 12.7. The van der Waals surface area contributed by atoms with Crippen LogP contribution in [0.1, 0.15) is 60.1 Å². The highest BCUT2D eigenvalue weighted by atomic mass is 16.5. The molecule has 8 heteroatoms. The van der Waals surface area contributed by atoms with Crippen molar-refractivity contribution in [2.75, 3.05) is 26.2 Å². The van der Waals surface area contributed by atoms with E-state index in [-0.39, 0.29) is 12.1 Å². The first kappa shape index (κ1) is 35.1. The van der Waals surface area contributed by atoms with E-state index >= 15 is 0 Å². The maximum absolute atomic E-state index is 11.7. The Morgan fingerprint density at radius 2 is 1.15 bits per heavy atom. The van der Waals surface area contributed by atoms with Gasteiger partial charge in [-0.3, -0.25) is 19.8 Å². The molecule has 6 saturated heterocycles. The Kier molecular flexibility index (Phi) is 9.70. The molecule has 4 bridgehead atoms. The SMILES string of the molecule is C=C[C@H]1CN2CC[C@H]1C[C@@H]2[C@@H](O)c1ccnc2ccc(OCc3cccc(COc4ccc5nccc([C@H](O)[C@H]6C[C@@H]7CCN6C[C@@H]7C=C)c5c4)c3)cc12. The van der Waals surface area contributed by atoms with Crippen LogP contribution in [0.2, 0.25) is 0 Å². The van der Waals surface area contributed by atoms with Crippen molar-refractivity contribution in [3.8, 4) is 11.5 Å². The van der Waals surface area contributed by atoms with Gasteiger partial charge in [0.2, 0.25) is 0 Å². The molecule has 11 rings (SSSR count). The normalized spacial score (nSPS) is 28.5. The number of ether oxygens (including phenoxy) is 2. The second kappa shape index (κ2) is 14.9. The van der Waals surface area contributed by atoms with E-state index in [0.717, 1.165) is 94.6 Å². The van der Waals surface area contributed by atoms with Crippen molar-refractivity contribution >= 4 is 21.8 Å². The molecule has 5 aromatic rings. The summed E-state index contributed by atoms with van der Waals surface area (Å²) in [6, 6.07) is 24.3. The summed E-state index contributed by atoms with van der Waals surface area (Å²) in [5.41, 5.74) is 5.59. The molecule has 10 atom stereocenters. The number of rotatable bonds is 12. The van der Waals surface area contributed by atoms with Gasteiger partial charge in [-0.1, -0.05) is 30.4 Å². The average Bonchev–Trinajstić information content (AvgIpc) is 3.24. The number of hydrogen-bond acceptors (Lipinski definition) is 8. The number of aliphatic hydroxyl groups is 2. The predicted molar refractivity (Wildman–Crippen MR) is 212 cm³/mol. The molecular weight excluding hydrogens is 673 g/mol. The second-order valence-corrected chi connectivity index (χ2v) is 15.9.